The molecule has 0 saturated carbocycles. The summed E-state index contributed by atoms with van der Waals surface area (Å²) in [5, 5.41) is 0. The van der Waals surface area contributed by atoms with Crippen molar-refractivity contribution in [3.05, 3.63) is 48.4 Å². The Labute approximate surface area is 204 Å². The van der Waals surface area contributed by atoms with Crippen LogP contribution in [0.2, 0.25) is 0 Å². The average molecular weight is 460 g/mol. The predicted octanol–water partition coefficient (Wildman–Crippen LogP) is 4.32. The van der Waals surface area contributed by atoms with E-state index in [-0.39, 0.29) is 21.2 Å². The number of rotatable bonds is 4. The van der Waals surface area contributed by atoms with Crippen LogP contribution in [0, 0.1) is 0 Å². The van der Waals surface area contributed by atoms with Crippen molar-refractivity contribution in [2.24, 2.45) is 0 Å². The fraction of sp³-hybridized carbons (Fsp3) is 0.364. The topological polar surface area (TPSA) is 67.2 Å². The van der Waals surface area contributed by atoms with Crippen LogP contribution in [0.25, 0.3) is 17.3 Å². The van der Waals surface area contributed by atoms with Gasteiger partial charge in [-0.2, -0.15) is 18.2 Å². The number of hydrogen-bond donors (Lipinski definition) is 0. The van der Waals surface area contributed by atoms with Crippen molar-refractivity contribution in [1.82, 2.24) is 19.5 Å². The van der Waals surface area contributed by atoms with Crippen LogP contribution >= 0.6 is 0 Å². The molecule has 0 N–H and O–H groups in total. The van der Waals surface area contributed by atoms with E-state index in [2.05, 4.69) is 15.0 Å². The zero-order valence-electron chi connectivity index (χ0n) is 30.8. The fourth-order valence-electron chi connectivity index (χ4n) is 3.16. The Balaban J connectivity index is 2.13. The third-order valence-electron chi connectivity index (χ3n) is 4.60. The molecule has 0 saturated heterocycles. The lowest BCUT2D eigenvalue weighted by molar-refractivity contribution is -0.137. The third kappa shape index (κ3) is 3.59. The number of carbonyl (C=O) groups is 1. The van der Waals surface area contributed by atoms with Gasteiger partial charge in [0.25, 0.3) is 0 Å². The highest BCUT2D eigenvalue weighted by Crippen LogP contribution is 2.37. The number of halogens is 3. The number of nitrogens with zero attached hydrogens (tertiary/aromatic N) is 6. The molecule has 3 heterocycles. The maximum absolute atomic E-state index is 13.8. The number of likely N-dealkylation sites (N-methyl/N-ethyl adjacent to an activating group) is 1. The van der Waals surface area contributed by atoms with Gasteiger partial charge in [0.2, 0.25) is 11.9 Å². The number of alkyl halides is 3. The van der Waals surface area contributed by atoms with Gasteiger partial charge in [0, 0.05) is 50.1 Å². The molecular formula is C22H23F3N6O. The minimum atomic E-state index is -4.76. The summed E-state index contributed by atoms with van der Waals surface area (Å²) in [7, 11) is 0. The molecule has 7 nitrogen and oxygen atoms in total. The van der Waals surface area contributed by atoms with Gasteiger partial charge in [-0.15, -0.1) is 0 Å². The molecule has 10 heteroatoms. The molecule has 32 heavy (non-hydrogen) atoms. The molecule has 1 aliphatic heterocycles. The van der Waals surface area contributed by atoms with Gasteiger partial charge in [0.1, 0.15) is 17.6 Å². The number of imidazole rings is 1. The summed E-state index contributed by atoms with van der Waals surface area (Å²) in [6, 6.07) is -3.38. The Hall–Kier alpha value is -3.43. The number of aromatic nitrogens is 4. The van der Waals surface area contributed by atoms with E-state index < -0.39 is 81.1 Å². The van der Waals surface area contributed by atoms with E-state index in [4.69, 9.17) is 20.6 Å². The first-order valence-corrected chi connectivity index (χ1v) is 8.78. The minimum Gasteiger partial charge on any atom is -0.340 e. The summed E-state index contributed by atoms with van der Waals surface area (Å²) in [5.41, 5.74) is -2.17. The molecule has 4 rings (SSSR count). The molecular weight excluding hydrogens is 421 g/mol. The Morgan fingerprint density at radius 1 is 1.31 bits per heavy atom. The molecule has 0 bridgehead atoms. The quantitative estimate of drug-likeness (QED) is 0.581. The Morgan fingerprint density at radius 2 is 2.16 bits per heavy atom. The van der Waals surface area contributed by atoms with Gasteiger partial charge in [-0.3, -0.25) is 9.36 Å². The van der Waals surface area contributed by atoms with Crippen LogP contribution in [0.15, 0.2) is 42.9 Å². The van der Waals surface area contributed by atoms with Gasteiger partial charge in [0.05, 0.1) is 13.1 Å². The van der Waals surface area contributed by atoms with Crippen LogP contribution in [-0.2, 0) is 11.0 Å². The van der Waals surface area contributed by atoms with Crippen molar-refractivity contribution < 1.29 is 38.5 Å². The highest BCUT2D eigenvalue weighted by atomic mass is 19.4. The number of hydrogen-bond acceptors (Lipinski definition) is 5. The van der Waals surface area contributed by atoms with E-state index in [9.17, 15) is 18.0 Å². The zero-order valence-corrected chi connectivity index (χ0v) is 15.8. The molecule has 0 fully saturated rings. The lowest BCUT2D eigenvalue weighted by Gasteiger charge is -2.42. The smallest absolute Gasteiger partial charge is 0.340 e. The van der Waals surface area contributed by atoms with Crippen molar-refractivity contribution in [2.75, 3.05) is 16.8 Å². The van der Waals surface area contributed by atoms with E-state index in [0.717, 1.165) is 35.2 Å². The van der Waals surface area contributed by atoms with Crippen molar-refractivity contribution in [3.8, 4) is 17.3 Å². The fourth-order valence-corrected chi connectivity index (χ4v) is 3.16. The van der Waals surface area contributed by atoms with Gasteiger partial charge in [-0.1, -0.05) is 19.0 Å². The normalized spacial score (nSPS) is 25.9. The molecule has 1 atom stereocenters. The highest BCUT2D eigenvalue weighted by Gasteiger charge is 2.38. The Kier molecular flexibility index (Phi) is 2.48. The molecule has 168 valence electrons. The van der Waals surface area contributed by atoms with Crippen LogP contribution in [0.4, 0.5) is 24.7 Å². The van der Waals surface area contributed by atoms with Gasteiger partial charge >= 0.3 is 6.18 Å². The second-order valence-corrected chi connectivity index (χ2v) is 6.52. The van der Waals surface area contributed by atoms with E-state index in [0.29, 0.717) is 6.20 Å². The van der Waals surface area contributed by atoms with Crippen molar-refractivity contribution in [1.29, 1.82) is 0 Å². The van der Waals surface area contributed by atoms with Crippen molar-refractivity contribution >= 4 is 17.4 Å². The maximum atomic E-state index is 13.8. The second kappa shape index (κ2) is 7.92. The van der Waals surface area contributed by atoms with Crippen LogP contribution in [0.3, 0.4) is 0 Å². The first-order chi connectivity index (χ1) is 21.1. The highest BCUT2D eigenvalue weighted by molar-refractivity contribution is 6.04. The van der Waals surface area contributed by atoms with Crippen LogP contribution in [0.1, 0.15) is 53.1 Å². The minimum absolute atomic E-state index is 0.113. The van der Waals surface area contributed by atoms with Gasteiger partial charge in [-0.05, 0) is 32.2 Å². The largest absolute Gasteiger partial charge is 0.416 e. The molecule has 0 spiro atoms. The molecule has 1 unspecified atom stereocenters. The van der Waals surface area contributed by atoms with E-state index in [1.807, 2.05) is 0 Å². The molecule has 3 aromatic rings. The number of anilines is 2. The standard InChI is InChI=1S/C22H23F3N6O/c1-5-16-20(32)29(4)17-12-27-21(28-19(17)31(16)13(2)3)30-10-9-26-18(30)14-7-6-8-15(11-14)22(23,24)25/h6-13,16H,5H2,1-4H3/i1D3,2D3,3D3,4D3,5D2,13D. The number of carbonyl (C=O) groups excluding carboxylic acids is 1. The SMILES string of the molecule is [2H]C([2H])([2H])N1C(=O)C(C([2H])([2H])C([2H])([2H])[2H])N(C([2H])(C([2H])([2H])[2H])C([2H])([2H])[2H])c2nc(-n3ccnc3-c3cccc(C(F)(F)F)c3)ncc21. The summed E-state index contributed by atoms with van der Waals surface area (Å²) in [6.07, 6.45) is -5.88. The number of benzene rings is 1. The van der Waals surface area contributed by atoms with Crippen molar-refractivity contribution in [3.63, 3.8) is 0 Å². The average Bonchev–Trinajstić information content (AvgIpc) is 3.38. The number of fused-ring (bicyclic) bond motifs is 1. The van der Waals surface area contributed by atoms with Crippen molar-refractivity contribution in [2.45, 2.75) is 45.2 Å². The Bertz CT molecular complexity index is 1670. The summed E-state index contributed by atoms with van der Waals surface area (Å²) in [4.78, 5) is 25.5. The second-order valence-electron chi connectivity index (χ2n) is 6.52. The van der Waals surface area contributed by atoms with Crippen LogP contribution < -0.4 is 9.80 Å². The monoisotopic (exact) mass is 459 g/mol. The van der Waals surface area contributed by atoms with Gasteiger partial charge in [0.15, 0.2) is 5.82 Å². The van der Waals surface area contributed by atoms with Gasteiger partial charge in [-0.25, -0.2) is 9.97 Å². The molecule has 1 aliphatic rings. The Morgan fingerprint density at radius 3 is 2.88 bits per heavy atom. The zero-order chi connectivity index (χ0) is 35.9. The van der Waals surface area contributed by atoms with E-state index >= 15 is 0 Å². The lowest BCUT2D eigenvalue weighted by Crippen LogP contribution is -2.55. The summed E-state index contributed by atoms with van der Waals surface area (Å²) < 4.78 is 162. The van der Waals surface area contributed by atoms with Crippen LogP contribution in [-0.4, -0.2) is 44.5 Å². The number of amides is 1. The van der Waals surface area contributed by atoms with E-state index in [1.165, 1.54) is 6.07 Å². The molecule has 0 aliphatic carbocycles. The van der Waals surface area contributed by atoms with E-state index in [1.54, 1.807) is 0 Å². The first kappa shape index (κ1) is 10.0. The molecule has 0 radical (unpaired) electrons. The molecule has 1 aromatic carbocycles. The predicted molar refractivity (Wildman–Crippen MR) is 115 cm³/mol. The molecule has 2 aromatic heterocycles. The van der Waals surface area contributed by atoms with Crippen LogP contribution in [0.5, 0.6) is 0 Å². The van der Waals surface area contributed by atoms with Gasteiger partial charge < -0.3 is 9.80 Å². The first-order valence-electron chi connectivity index (χ1n) is 16.3. The lowest BCUT2D eigenvalue weighted by atomic mass is 10.1. The maximum Gasteiger partial charge on any atom is 0.416 e. The summed E-state index contributed by atoms with van der Waals surface area (Å²) in [5.74, 6) is -4.01. The summed E-state index contributed by atoms with van der Waals surface area (Å²) in [6.45, 7) is -15.4. The molecule has 1 amide bonds. The summed E-state index contributed by atoms with van der Waals surface area (Å²) >= 11 is 0. The third-order valence-corrected chi connectivity index (χ3v) is 4.60.